The van der Waals surface area contributed by atoms with Crippen molar-refractivity contribution < 1.29 is 28.2 Å². The summed E-state index contributed by atoms with van der Waals surface area (Å²) in [5.41, 5.74) is 0.573. The highest BCUT2D eigenvalue weighted by Gasteiger charge is 2.38. The van der Waals surface area contributed by atoms with E-state index in [0.717, 1.165) is 25.7 Å². The monoisotopic (exact) mass is 348 g/mol. The maximum Gasteiger partial charge on any atom is 0.348 e. The molecule has 25 heavy (non-hydrogen) atoms. The second kappa shape index (κ2) is 6.96. The number of halogens is 1. The number of benzene rings is 1. The molecule has 0 atom stereocenters. The van der Waals surface area contributed by atoms with E-state index in [1.54, 1.807) is 12.1 Å². The Morgan fingerprint density at radius 3 is 2.44 bits per heavy atom. The molecule has 3 rings (SSSR count). The Bertz CT molecular complexity index is 695. The maximum atomic E-state index is 14.3. The van der Waals surface area contributed by atoms with Gasteiger partial charge >= 0.3 is 11.9 Å². The zero-order valence-corrected chi connectivity index (χ0v) is 14.3. The van der Waals surface area contributed by atoms with Crippen molar-refractivity contribution in [2.75, 3.05) is 0 Å². The highest BCUT2D eigenvalue weighted by atomic mass is 19.1. The number of rotatable bonds is 4. The lowest BCUT2D eigenvalue weighted by molar-refractivity contribution is -0.222. The fourth-order valence-corrected chi connectivity index (χ4v) is 2.98. The van der Waals surface area contributed by atoms with Crippen LogP contribution in [0.4, 0.5) is 4.39 Å². The Morgan fingerprint density at radius 2 is 1.84 bits per heavy atom. The Kier molecular flexibility index (Phi) is 4.90. The summed E-state index contributed by atoms with van der Waals surface area (Å²) >= 11 is 0. The summed E-state index contributed by atoms with van der Waals surface area (Å²) in [6, 6.07) is 4.49. The standard InChI is InChI=1S/C19H21FO5/c1-19(2)24-17(21)15(18(22)25-19)9-12-7-8-13(16(20)10-12)11-23-14-5-3-4-6-14/h7-10,14H,3-6,11H2,1-2H3. The molecule has 0 unspecified atom stereocenters. The van der Waals surface area contributed by atoms with Crippen LogP contribution < -0.4 is 0 Å². The molecule has 0 spiro atoms. The molecule has 0 radical (unpaired) electrons. The Balaban J connectivity index is 1.71. The highest BCUT2D eigenvalue weighted by molar-refractivity contribution is 6.18. The average Bonchev–Trinajstić information content (AvgIpc) is 3.02. The summed E-state index contributed by atoms with van der Waals surface area (Å²) in [6.07, 6.45) is 5.82. The fourth-order valence-electron chi connectivity index (χ4n) is 2.98. The van der Waals surface area contributed by atoms with Gasteiger partial charge in [-0.3, -0.25) is 0 Å². The van der Waals surface area contributed by atoms with Crippen molar-refractivity contribution in [2.45, 2.75) is 58.0 Å². The van der Waals surface area contributed by atoms with Crippen LogP contribution in [0.1, 0.15) is 50.7 Å². The molecule has 1 aromatic carbocycles. The lowest BCUT2D eigenvalue weighted by atomic mass is 10.1. The Labute approximate surface area is 145 Å². The molecule has 2 aliphatic rings. The van der Waals surface area contributed by atoms with E-state index in [4.69, 9.17) is 14.2 Å². The average molecular weight is 348 g/mol. The zero-order chi connectivity index (χ0) is 18.0. The van der Waals surface area contributed by atoms with Crippen molar-refractivity contribution in [1.29, 1.82) is 0 Å². The van der Waals surface area contributed by atoms with E-state index in [1.807, 2.05) is 0 Å². The lowest BCUT2D eigenvalue weighted by Crippen LogP contribution is -2.41. The van der Waals surface area contributed by atoms with Crippen LogP contribution in [0.25, 0.3) is 6.08 Å². The van der Waals surface area contributed by atoms with Crippen LogP contribution in [-0.4, -0.2) is 23.8 Å². The van der Waals surface area contributed by atoms with E-state index in [-0.39, 0.29) is 18.3 Å². The smallest absolute Gasteiger partial charge is 0.348 e. The van der Waals surface area contributed by atoms with Crippen LogP contribution >= 0.6 is 0 Å². The number of hydrogen-bond acceptors (Lipinski definition) is 5. The molecular weight excluding hydrogens is 327 g/mol. The fraction of sp³-hybridized carbons (Fsp3) is 0.474. The topological polar surface area (TPSA) is 61.8 Å². The van der Waals surface area contributed by atoms with Gasteiger partial charge in [-0.05, 0) is 30.5 Å². The zero-order valence-electron chi connectivity index (χ0n) is 14.3. The van der Waals surface area contributed by atoms with Crippen molar-refractivity contribution in [3.63, 3.8) is 0 Å². The van der Waals surface area contributed by atoms with Crippen molar-refractivity contribution in [3.05, 3.63) is 40.7 Å². The minimum absolute atomic E-state index is 0.205. The van der Waals surface area contributed by atoms with Gasteiger partial charge in [-0.25, -0.2) is 14.0 Å². The first-order valence-corrected chi connectivity index (χ1v) is 8.42. The quantitative estimate of drug-likeness (QED) is 0.473. The van der Waals surface area contributed by atoms with Crippen molar-refractivity contribution in [1.82, 2.24) is 0 Å². The SMILES string of the molecule is CC1(C)OC(=O)C(=Cc2ccc(COC3CCCC3)c(F)c2)C(=O)O1. The molecule has 1 heterocycles. The van der Waals surface area contributed by atoms with Gasteiger partial charge in [0, 0.05) is 19.4 Å². The van der Waals surface area contributed by atoms with Crippen LogP contribution in [-0.2, 0) is 30.4 Å². The molecule has 1 saturated carbocycles. The number of cyclic esters (lactones) is 2. The number of ether oxygens (including phenoxy) is 3. The summed E-state index contributed by atoms with van der Waals surface area (Å²) in [6.45, 7) is 3.16. The van der Waals surface area contributed by atoms with E-state index < -0.39 is 23.5 Å². The van der Waals surface area contributed by atoms with E-state index in [9.17, 15) is 14.0 Å². The number of carbonyl (C=O) groups excluding carboxylic acids is 2. The molecule has 1 aliphatic heterocycles. The molecule has 1 saturated heterocycles. The van der Waals surface area contributed by atoms with Crippen LogP contribution in [0, 0.1) is 5.82 Å². The highest BCUT2D eigenvalue weighted by Crippen LogP contribution is 2.25. The minimum atomic E-state index is -1.29. The summed E-state index contributed by atoms with van der Waals surface area (Å²) in [7, 11) is 0. The number of esters is 2. The van der Waals surface area contributed by atoms with Crippen LogP contribution in [0.3, 0.4) is 0 Å². The molecule has 134 valence electrons. The van der Waals surface area contributed by atoms with Gasteiger partial charge in [0.15, 0.2) is 0 Å². The van der Waals surface area contributed by atoms with Crippen LogP contribution in [0.5, 0.6) is 0 Å². The molecule has 1 aliphatic carbocycles. The molecule has 6 heteroatoms. The third-order valence-electron chi connectivity index (χ3n) is 4.28. The van der Waals surface area contributed by atoms with Crippen molar-refractivity contribution >= 4 is 18.0 Å². The molecule has 2 fully saturated rings. The van der Waals surface area contributed by atoms with E-state index >= 15 is 0 Å². The van der Waals surface area contributed by atoms with Gasteiger partial charge in [-0.2, -0.15) is 0 Å². The molecule has 1 aromatic rings. The number of carbonyl (C=O) groups is 2. The molecule has 0 N–H and O–H groups in total. The van der Waals surface area contributed by atoms with Crippen molar-refractivity contribution in [2.24, 2.45) is 0 Å². The third-order valence-corrected chi connectivity index (χ3v) is 4.28. The molecule has 0 amide bonds. The van der Waals surface area contributed by atoms with Gasteiger partial charge in [0.1, 0.15) is 11.4 Å². The van der Waals surface area contributed by atoms with Gasteiger partial charge < -0.3 is 14.2 Å². The normalized spacial score (nSPS) is 20.4. The second-order valence-electron chi connectivity index (χ2n) is 6.81. The van der Waals surface area contributed by atoms with Gasteiger partial charge in [-0.1, -0.05) is 25.0 Å². The lowest BCUT2D eigenvalue weighted by Gasteiger charge is -2.29. The first kappa shape index (κ1) is 17.6. The predicted molar refractivity (Wildman–Crippen MR) is 87.7 cm³/mol. The first-order chi connectivity index (χ1) is 11.8. The predicted octanol–water partition coefficient (Wildman–Crippen LogP) is 3.50. The molecule has 0 bridgehead atoms. The van der Waals surface area contributed by atoms with Gasteiger partial charge in [0.05, 0.1) is 12.7 Å². The van der Waals surface area contributed by atoms with E-state index in [0.29, 0.717) is 11.1 Å². The summed E-state index contributed by atoms with van der Waals surface area (Å²) in [5.74, 6) is -3.30. The first-order valence-electron chi connectivity index (χ1n) is 8.42. The second-order valence-corrected chi connectivity index (χ2v) is 6.81. The van der Waals surface area contributed by atoms with Crippen LogP contribution in [0.15, 0.2) is 23.8 Å². The largest absolute Gasteiger partial charge is 0.419 e. The molecular formula is C19H21FO5. The molecule has 0 aromatic heterocycles. The van der Waals surface area contributed by atoms with Crippen molar-refractivity contribution in [3.8, 4) is 0 Å². The van der Waals surface area contributed by atoms with E-state index in [1.165, 1.54) is 26.0 Å². The van der Waals surface area contributed by atoms with Gasteiger partial charge in [0.25, 0.3) is 5.79 Å². The Morgan fingerprint density at radius 1 is 1.20 bits per heavy atom. The third kappa shape index (κ3) is 4.25. The number of hydrogen-bond donors (Lipinski definition) is 0. The molecule has 5 nitrogen and oxygen atoms in total. The minimum Gasteiger partial charge on any atom is -0.419 e. The van der Waals surface area contributed by atoms with Crippen LogP contribution in [0.2, 0.25) is 0 Å². The summed E-state index contributed by atoms with van der Waals surface area (Å²) in [5, 5.41) is 0. The van der Waals surface area contributed by atoms with Gasteiger partial charge in [-0.15, -0.1) is 0 Å². The summed E-state index contributed by atoms with van der Waals surface area (Å²) < 4.78 is 30.0. The maximum absolute atomic E-state index is 14.3. The summed E-state index contributed by atoms with van der Waals surface area (Å²) in [4.78, 5) is 23.8. The van der Waals surface area contributed by atoms with E-state index in [2.05, 4.69) is 0 Å². The Hall–Kier alpha value is -2.21. The van der Waals surface area contributed by atoms with Gasteiger partial charge in [0.2, 0.25) is 0 Å².